The molecular formula is C14H20BrNO2. The van der Waals surface area contributed by atoms with E-state index in [-0.39, 0.29) is 18.2 Å². The fraction of sp³-hybridized carbons (Fsp3) is 0.571. The molecule has 1 aromatic carbocycles. The molecule has 3 nitrogen and oxygen atoms in total. The van der Waals surface area contributed by atoms with E-state index >= 15 is 0 Å². The van der Waals surface area contributed by atoms with Crippen LogP contribution < -0.4 is 5.32 Å². The Labute approximate surface area is 117 Å². The number of halogens is 1. The van der Waals surface area contributed by atoms with Crippen molar-refractivity contribution in [3.8, 4) is 0 Å². The summed E-state index contributed by atoms with van der Waals surface area (Å²) in [7, 11) is 1.75. The van der Waals surface area contributed by atoms with E-state index in [0.717, 1.165) is 35.8 Å². The third kappa shape index (κ3) is 3.25. The second kappa shape index (κ2) is 6.04. The van der Waals surface area contributed by atoms with Gasteiger partial charge in [-0.15, -0.1) is 0 Å². The first-order valence-electron chi connectivity index (χ1n) is 6.35. The number of aliphatic hydroxyl groups excluding tert-OH is 1. The first-order valence-corrected chi connectivity index (χ1v) is 7.14. The number of hydrogen-bond donors (Lipinski definition) is 2. The third-order valence-corrected chi connectivity index (χ3v) is 4.16. The lowest BCUT2D eigenvalue weighted by Gasteiger charge is -2.40. The van der Waals surface area contributed by atoms with E-state index in [4.69, 9.17) is 4.74 Å². The second-order valence-electron chi connectivity index (χ2n) is 5.03. The Morgan fingerprint density at radius 3 is 3.06 bits per heavy atom. The summed E-state index contributed by atoms with van der Waals surface area (Å²) in [5, 5.41) is 13.2. The smallest absolute Gasteiger partial charge is 0.0662 e. The molecule has 0 saturated heterocycles. The molecular weight excluding hydrogens is 294 g/mol. The van der Waals surface area contributed by atoms with Gasteiger partial charge in [-0.1, -0.05) is 22.0 Å². The Hall–Kier alpha value is -0.580. The maximum Gasteiger partial charge on any atom is 0.0662 e. The summed E-state index contributed by atoms with van der Waals surface area (Å²) >= 11 is 3.46. The van der Waals surface area contributed by atoms with Gasteiger partial charge in [0, 0.05) is 17.3 Å². The maximum atomic E-state index is 9.76. The number of benzene rings is 1. The molecule has 1 aliphatic carbocycles. The van der Waals surface area contributed by atoms with Gasteiger partial charge in [-0.05, 0) is 43.9 Å². The Bertz CT molecular complexity index is 399. The lowest BCUT2D eigenvalue weighted by atomic mass is 9.80. The topological polar surface area (TPSA) is 41.5 Å². The van der Waals surface area contributed by atoms with E-state index in [1.807, 2.05) is 24.3 Å². The summed E-state index contributed by atoms with van der Waals surface area (Å²) in [6.45, 7) is 0.138. The van der Waals surface area contributed by atoms with Crippen molar-refractivity contribution in [3.63, 3.8) is 0 Å². The average molecular weight is 314 g/mol. The predicted molar refractivity (Wildman–Crippen MR) is 76.8 cm³/mol. The molecule has 2 unspecified atom stereocenters. The van der Waals surface area contributed by atoms with Crippen LogP contribution in [0, 0.1) is 0 Å². The van der Waals surface area contributed by atoms with Crippen molar-refractivity contribution in [2.24, 2.45) is 0 Å². The Morgan fingerprint density at radius 2 is 2.39 bits per heavy atom. The van der Waals surface area contributed by atoms with Crippen molar-refractivity contribution in [3.05, 3.63) is 28.7 Å². The van der Waals surface area contributed by atoms with E-state index in [2.05, 4.69) is 21.2 Å². The second-order valence-corrected chi connectivity index (χ2v) is 5.94. The SMILES string of the molecule is COC1CCCC(CO)(Nc2cccc(Br)c2)C1. The molecule has 0 aliphatic heterocycles. The van der Waals surface area contributed by atoms with Crippen LogP contribution >= 0.6 is 15.9 Å². The largest absolute Gasteiger partial charge is 0.394 e. The van der Waals surface area contributed by atoms with Gasteiger partial charge in [-0.25, -0.2) is 0 Å². The maximum absolute atomic E-state index is 9.76. The molecule has 0 aromatic heterocycles. The van der Waals surface area contributed by atoms with E-state index < -0.39 is 0 Å². The molecule has 2 rings (SSSR count). The minimum atomic E-state index is -0.250. The first kappa shape index (κ1) is 13.8. The normalized spacial score (nSPS) is 28.1. The molecule has 0 heterocycles. The Morgan fingerprint density at radius 1 is 1.56 bits per heavy atom. The van der Waals surface area contributed by atoms with Crippen LogP contribution in [0.3, 0.4) is 0 Å². The highest BCUT2D eigenvalue weighted by atomic mass is 79.9. The van der Waals surface area contributed by atoms with E-state index in [9.17, 15) is 5.11 Å². The first-order chi connectivity index (χ1) is 8.67. The van der Waals surface area contributed by atoms with Gasteiger partial charge in [-0.3, -0.25) is 0 Å². The molecule has 0 amide bonds. The Balaban J connectivity index is 2.12. The highest BCUT2D eigenvalue weighted by molar-refractivity contribution is 9.10. The monoisotopic (exact) mass is 313 g/mol. The van der Waals surface area contributed by atoms with Gasteiger partial charge in [0.1, 0.15) is 0 Å². The molecule has 2 N–H and O–H groups in total. The van der Waals surface area contributed by atoms with Gasteiger partial charge >= 0.3 is 0 Å². The van der Waals surface area contributed by atoms with Crippen molar-refractivity contribution >= 4 is 21.6 Å². The van der Waals surface area contributed by atoms with Crippen molar-refractivity contribution < 1.29 is 9.84 Å². The molecule has 0 bridgehead atoms. The number of nitrogens with one attached hydrogen (secondary N) is 1. The molecule has 18 heavy (non-hydrogen) atoms. The van der Waals surface area contributed by atoms with Crippen molar-refractivity contribution in [2.75, 3.05) is 19.0 Å². The molecule has 4 heteroatoms. The lowest BCUT2D eigenvalue weighted by molar-refractivity contribution is 0.0307. The minimum absolute atomic E-state index is 0.138. The van der Waals surface area contributed by atoms with Gasteiger partial charge in [0.2, 0.25) is 0 Å². The quantitative estimate of drug-likeness (QED) is 0.897. The van der Waals surface area contributed by atoms with Gasteiger partial charge in [0.05, 0.1) is 18.2 Å². The number of aliphatic hydroxyl groups is 1. The Kier molecular flexibility index (Phi) is 4.65. The standard InChI is InChI=1S/C14H20BrNO2/c1-18-13-6-3-7-14(9-13,10-17)16-12-5-2-4-11(15)8-12/h2,4-5,8,13,16-17H,3,6-7,9-10H2,1H3. The lowest BCUT2D eigenvalue weighted by Crippen LogP contribution is -2.48. The van der Waals surface area contributed by atoms with Gasteiger partial charge in [-0.2, -0.15) is 0 Å². The van der Waals surface area contributed by atoms with E-state index in [1.54, 1.807) is 7.11 Å². The highest BCUT2D eigenvalue weighted by Crippen LogP contribution is 2.33. The van der Waals surface area contributed by atoms with Gasteiger partial charge in [0.15, 0.2) is 0 Å². The van der Waals surface area contributed by atoms with Gasteiger partial charge in [0.25, 0.3) is 0 Å². The molecule has 1 saturated carbocycles. The zero-order valence-electron chi connectivity index (χ0n) is 10.7. The molecule has 100 valence electrons. The molecule has 0 radical (unpaired) electrons. The van der Waals surface area contributed by atoms with Crippen LogP contribution in [0.15, 0.2) is 28.7 Å². The number of rotatable bonds is 4. The molecule has 1 aliphatic rings. The summed E-state index contributed by atoms with van der Waals surface area (Å²) in [4.78, 5) is 0. The molecule has 1 fully saturated rings. The van der Waals surface area contributed by atoms with Crippen molar-refractivity contribution in [1.29, 1.82) is 0 Å². The van der Waals surface area contributed by atoms with Crippen LogP contribution in [0.1, 0.15) is 25.7 Å². The number of ether oxygens (including phenoxy) is 1. The fourth-order valence-electron chi connectivity index (χ4n) is 2.68. The van der Waals surface area contributed by atoms with Crippen molar-refractivity contribution in [1.82, 2.24) is 0 Å². The number of anilines is 1. The summed E-state index contributed by atoms with van der Waals surface area (Å²) in [5.74, 6) is 0. The molecule has 2 atom stereocenters. The van der Waals surface area contributed by atoms with Crippen LogP contribution in [0.25, 0.3) is 0 Å². The van der Waals surface area contributed by atoms with Gasteiger partial charge < -0.3 is 15.2 Å². The van der Waals surface area contributed by atoms with Crippen molar-refractivity contribution in [2.45, 2.75) is 37.3 Å². The fourth-order valence-corrected chi connectivity index (χ4v) is 3.08. The zero-order valence-corrected chi connectivity index (χ0v) is 12.2. The van der Waals surface area contributed by atoms with Crippen LogP contribution in [0.4, 0.5) is 5.69 Å². The summed E-state index contributed by atoms with van der Waals surface area (Å²) in [6.07, 6.45) is 4.24. The predicted octanol–water partition coefficient (Wildman–Crippen LogP) is 3.18. The van der Waals surface area contributed by atoms with E-state index in [1.165, 1.54) is 0 Å². The number of methoxy groups -OCH3 is 1. The highest BCUT2D eigenvalue weighted by Gasteiger charge is 2.35. The average Bonchev–Trinajstić information content (AvgIpc) is 2.39. The molecule has 0 spiro atoms. The third-order valence-electron chi connectivity index (χ3n) is 3.67. The number of hydrogen-bond acceptors (Lipinski definition) is 3. The zero-order chi connectivity index (χ0) is 13.0. The molecule has 1 aromatic rings. The summed E-state index contributed by atoms with van der Waals surface area (Å²) < 4.78 is 6.49. The van der Waals surface area contributed by atoms with E-state index in [0.29, 0.717) is 0 Å². The van der Waals surface area contributed by atoms with Crippen LogP contribution in [-0.4, -0.2) is 30.5 Å². The van der Waals surface area contributed by atoms with Crippen LogP contribution in [0.5, 0.6) is 0 Å². The minimum Gasteiger partial charge on any atom is -0.394 e. The van der Waals surface area contributed by atoms with Crippen LogP contribution in [0.2, 0.25) is 0 Å². The summed E-state index contributed by atoms with van der Waals surface area (Å²) in [6, 6.07) is 8.05. The summed E-state index contributed by atoms with van der Waals surface area (Å²) in [5.41, 5.74) is 0.787. The van der Waals surface area contributed by atoms with Crippen LogP contribution in [-0.2, 0) is 4.74 Å².